The lowest BCUT2D eigenvalue weighted by Gasteiger charge is -2.34. The van der Waals surface area contributed by atoms with E-state index in [2.05, 4.69) is 5.32 Å². The van der Waals surface area contributed by atoms with Crippen LogP contribution in [-0.2, 0) is 11.3 Å². The minimum atomic E-state index is -0.0954. The highest BCUT2D eigenvalue weighted by Crippen LogP contribution is 2.12. The van der Waals surface area contributed by atoms with Crippen molar-refractivity contribution in [2.75, 3.05) is 32.8 Å². The monoisotopic (exact) mass is 367 g/mol. The van der Waals surface area contributed by atoms with E-state index in [9.17, 15) is 9.59 Å². The van der Waals surface area contributed by atoms with E-state index in [4.69, 9.17) is 4.74 Å². The number of hydrogen-bond acceptors (Lipinski definition) is 3. The van der Waals surface area contributed by atoms with Gasteiger partial charge in [0.15, 0.2) is 6.61 Å². The highest BCUT2D eigenvalue weighted by molar-refractivity contribution is 5.79. The van der Waals surface area contributed by atoms with Crippen molar-refractivity contribution in [2.45, 2.75) is 13.5 Å². The van der Waals surface area contributed by atoms with Crippen molar-refractivity contribution in [3.63, 3.8) is 0 Å². The fraction of sp³-hybridized carbons (Fsp3) is 0.333. The van der Waals surface area contributed by atoms with E-state index in [0.717, 1.165) is 11.1 Å². The third kappa shape index (κ3) is 5.48. The average Bonchev–Trinajstić information content (AvgIpc) is 2.71. The van der Waals surface area contributed by atoms with E-state index in [1.807, 2.05) is 61.5 Å². The Balaban J connectivity index is 1.40. The van der Waals surface area contributed by atoms with Crippen molar-refractivity contribution < 1.29 is 14.3 Å². The van der Waals surface area contributed by atoms with Crippen LogP contribution >= 0.6 is 0 Å². The van der Waals surface area contributed by atoms with E-state index in [1.54, 1.807) is 9.80 Å². The quantitative estimate of drug-likeness (QED) is 0.883. The number of carbonyl (C=O) groups excluding carboxylic acids is 2. The van der Waals surface area contributed by atoms with Crippen LogP contribution in [0.3, 0.4) is 0 Å². The molecule has 1 aliphatic rings. The Hall–Kier alpha value is -3.02. The number of benzene rings is 2. The largest absolute Gasteiger partial charge is 0.484 e. The number of urea groups is 1. The van der Waals surface area contributed by atoms with Crippen LogP contribution in [0.4, 0.5) is 4.79 Å². The maximum Gasteiger partial charge on any atom is 0.317 e. The minimum Gasteiger partial charge on any atom is -0.484 e. The summed E-state index contributed by atoms with van der Waals surface area (Å²) in [4.78, 5) is 28.1. The topological polar surface area (TPSA) is 61.9 Å². The van der Waals surface area contributed by atoms with Gasteiger partial charge < -0.3 is 19.9 Å². The molecular formula is C21H25N3O3. The van der Waals surface area contributed by atoms with Gasteiger partial charge in [0.25, 0.3) is 5.91 Å². The highest BCUT2D eigenvalue weighted by atomic mass is 16.5. The summed E-state index contributed by atoms with van der Waals surface area (Å²) < 4.78 is 5.58. The third-order valence-electron chi connectivity index (χ3n) is 4.56. The van der Waals surface area contributed by atoms with E-state index in [1.165, 1.54) is 0 Å². The predicted molar refractivity (Wildman–Crippen MR) is 104 cm³/mol. The second-order valence-corrected chi connectivity index (χ2v) is 6.62. The summed E-state index contributed by atoms with van der Waals surface area (Å²) in [5.74, 6) is 0.642. The number of nitrogens with one attached hydrogen (secondary N) is 1. The molecule has 142 valence electrons. The molecular weight excluding hydrogens is 342 g/mol. The Kier molecular flexibility index (Phi) is 6.30. The molecule has 3 amide bonds. The van der Waals surface area contributed by atoms with E-state index in [-0.39, 0.29) is 18.5 Å². The summed E-state index contributed by atoms with van der Waals surface area (Å²) in [5.41, 5.74) is 2.16. The lowest BCUT2D eigenvalue weighted by Crippen LogP contribution is -2.53. The number of rotatable bonds is 5. The van der Waals surface area contributed by atoms with Crippen LogP contribution in [-0.4, -0.2) is 54.5 Å². The number of nitrogens with zero attached hydrogens (tertiary/aromatic N) is 2. The molecule has 1 saturated heterocycles. The summed E-state index contributed by atoms with van der Waals surface area (Å²) in [6.45, 7) is 4.60. The zero-order valence-electron chi connectivity index (χ0n) is 15.6. The van der Waals surface area contributed by atoms with Gasteiger partial charge in [-0.1, -0.05) is 42.5 Å². The Morgan fingerprint density at radius 2 is 1.67 bits per heavy atom. The first-order valence-corrected chi connectivity index (χ1v) is 9.16. The molecule has 1 fully saturated rings. The number of carbonyl (C=O) groups is 2. The fourth-order valence-electron chi connectivity index (χ4n) is 2.99. The molecule has 1 heterocycles. The van der Waals surface area contributed by atoms with Gasteiger partial charge in [-0.2, -0.15) is 0 Å². The molecule has 2 aromatic carbocycles. The molecule has 0 aliphatic carbocycles. The molecule has 1 aliphatic heterocycles. The average molecular weight is 367 g/mol. The number of aryl methyl sites for hydroxylation is 1. The second kappa shape index (κ2) is 9.07. The van der Waals surface area contributed by atoms with Crippen LogP contribution in [0, 0.1) is 6.92 Å². The highest BCUT2D eigenvalue weighted by Gasteiger charge is 2.24. The molecule has 27 heavy (non-hydrogen) atoms. The van der Waals surface area contributed by atoms with Gasteiger partial charge in [-0.15, -0.1) is 0 Å². The molecule has 0 aromatic heterocycles. The van der Waals surface area contributed by atoms with E-state index >= 15 is 0 Å². The minimum absolute atomic E-state index is 0.0175. The van der Waals surface area contributed by atoms with Crippen LogP contribution in [0.5, 0.6) is 5.75 Å². The standard InChI is InChI=1S/C21H25N3O3/c1-17-6-5-9-19(14-17)27-16-20(25)23-10-12-24(13-11-23)21(26)22-15-18-7-3-2-4-8-18/h2-9,14H,10-13,15-16H2,1H3,(H,22,26). The molecule has 6 nitrogen and oxygen atoms in total. The molecule has 2 aromatic rings. The predicted octanol–water partition coefficient (Wildman–Crippen LogP) is 2.43. The Labute approximate surface area is 159 Å². The summed E-state index contributed by atoms with van der Waals surface area (Å²) in [7, 11) is 0. The molecule has 6 heteroatoms. The number of amides is 3. The van der Waals surface area contributed by atoms with Gasteiger partial charge in [0.1, 0.15) is 5.75 Å². The van der Waals surface area contributed by atoms with Crippen molar-refractivity contribution in [3.8, 4) is 5.75 Å². The molecule has 0 radical (unpaired) electrons. The molecule has 1 N–H and O–H groups in total. The lowest BCUT2D eigenvalue weighted by molar-refractivity contribution is -0.134. The van der Waals surface area contributed by atoms with Crippen molar-refractivity contribution in [1.82, 2.24) is 15.1 Å². The van der Waals surface area contributed by atoms with Crippen molar-refractivity contribution in [3.05, 3.63) is 65.7 Å². The molecule has 0 atom stereocenters. The SMILES string of the molecule is Cc1cccc(OCC(=O)N2CCN(C(=O)NCc3ccccc3)CC2)c1. The molecule has 0 unspecified atom stereocenters. The van der Waals surface area contributed by atoms with Crippen LogP contribution in [0.25, 0.3) is 0 Å². The maximum atomic E-state index is 12.3. The molecule has 0 spiro atoms. The Bertz CT molecular complexity index is 771. The maximum absolute atomic E-state index is 12.3. The van der Waals surface area contributed by atoms with E-state index < -0.39 is 0 Å². The van der Waals surface area contributed by atoms with Gasteiger partial charge in [0.2, 0.25) is 0 Å². The van der Waals surface area contributed by atoms with Crippen LogP contribution in [0.15, 0.2) is 54.6 Å². The zero-order valence-corrected chi connectivity index (χ0v) is 15.6. The summed E-state index contributed by atoms with van der Waals surface area (Å²) in [5, 5.41) is 2.92. The van der Waals surface area contributed by atoms with Gasteiger partial charge in [-0.3, -0.25) is 4.79 Å². The van der Waals surface area contributed by atoms with Crippen LogP contribution < -0.4 is 10.1 Å². The summed E-state index contributed by atoms with van der Waals surface area (Å²) in [6.07, 6.45) is 0. The van der Waals surface area contributed by atoms with Gasteiger partial charge in [-0.25, -0.2) is 4.79 Å². The second-order valence-electron chi connectivity index (χ2n) is 6.62. The van der Waals surface area contributed by atoms with Crippen molar-refractivity contribution in [2.24, 2.45) is 0 Å². The fourth-order valence-corrected chi connectivity index (χ4v) is 2.99. The zero-order chi connectivity index (χ0) is 19.1. The van der Waals surface area contributed by atoms with Crippen molar-refractivity contribution >= 4 is 11.9 Å². The number of ether oxygens (including phenoxy) is 1. The van der Waals surface area contributed by atoms with Crippen LogP contribution in [0.2, 0.25) is 0 Å². The van der Waals surface area contributed by atoms with Gasteiger partial charge in [-0.05, 0) is 30.2 Å². The Morgan fingerprint density at radius 1 is 0.963 bits per heavy atom. The van der Waals surface area contributed by atoms with Gasteiger partial charge >= 0.3 is 6.03 Å². The lowest BCUT2D eigenvalue weighted by atomic mass is 10.2. The Morgan fingerprint density at radius 3 is 2.37 bits per heavy atom. The third-order valence-corrected chi connectivity index (χ3v) is 4.56. The molecule has 0 saturated carbocycles. The first kappa shape index (κ1) is 18.8. The van der Waals surface area contributed by atoms with Gasteiger partial charge in [0.05, 0.1) is 0 Å². The molecule has 3 rings (SSSR count). The summed E-state index contributed by atoms with van der Waals surface area (Å²) >= 11 is 0. The van der Waals surface area contributed by atoms with Crippen LogP contribution in [0.1, 0.15) is 11.1 Å². The first-order valence-electron chi connectivity index (χ1n) is 9.16. The molecule has 0 bridgehead atoms. The van der Waals surface area contributed by atoms with E-state index in [0.29, 0.717) is 38.5 Å². The first-order chi connectivity index (χ1) is 13.1. The number of piperazine rings is 1. The summed E-state index contributed by atoms with van der Waals surface area (Å²) in [6, 6.07) is 17.3. The number of hydrogen-bond donors (Lipinski definition) is 1. The smallest absolute Gasteiger partial charge is 0.317 e. The normalized spacial score (nSPS) is 14.0. The van der Waals surface area contributed by atoms with Gasteiger partial charge in [0, 0.05) is 32.7 Å². The van der Waals surface area contributed by atoms with Crippen molar-refractivity contribution in [1.29, 1.82) is 0 Å².